The molecule has 1 rings (SSSR count). The first kappa shape index (κ1) is 11.1. The topological polar surface area (TPSA) is 63.3 Å². The molecule has 1 atom stereocenters. The number of halogens is 1. The van der Waals surface area contributed by atoms with Crippen molar-refractivity contribution >= 4 is 30.1 Å². The quantitative estimate of drug-likeness (QED) is 0.650. The average molecular weight is 198 g/mol. The van der Waals surface area contributed by atoms with E-state index in [1.807, 2.05) is 0 Å². The Kier molecular flexibility index (Phi) is 4.21. The van der Waals surface area contributed by atoms with Gasteiger partial charge in [0.25, 0.3) is 0 Å². The molecule has 0 aromatic rings. The van der Waals surface area contributed by atoms with Crippen molar-refractivity contribution in [2.75, 3.05) is 11.5 Å². The standard InChI is InChI=1S/C6H11NO2S.ClH/c7-6(5(8)9)2-1-3-10-4-6;/h1-4,7H2,(H,8,9);1H. The summed E-state index contributed by atoms with van der Waals surface area (Å²) in [6.45, 7) is 0. The minimum absolute atomic E-state index is 0. The molecule has 11 heavy (non-hydrogen) atoms. The molecular formula is C6H12ClNO2S. The Balaban J connectivity index is 0.000001000. The van der Waals surface area contributed by atoms with Crippen LogP contribution in [0.3, 0.4) is 0 Å². The molecule has 1 aliphatic heterocycles. The van der Waals surface area contributed by atoms with Gasteiger partial charge in [-0.3, -0.25) is 4.79 Å². The zero-order chi connectivity index (χ0) is 7.61. The number of carboxylic acids is 1. The highest BCUT2D eigenvalue weighted by Gasteiger charge is 2.35. The molecule has 0 saturated carbocycles. The Hall–Kier alpha value is 0.0700. The van der Waals surface area contributed by atoms with Gasteiger partial charge in [0.05, 0.1) is 0 Å². The number of carbonyl (C=O) groups is 1. The first-order valence-corrected chi connectivity index (χ1v) is 4.41. The summed E-state index contributed by atoms with van der Waals surface area (Å²) in [5, 5.41) is 8.66. The lowest BCUT2D eigenvalue weighted by Crippen LogP contribution is -2.51. The van der Waals surface area contributed by atoms with Crippen molar-refractivity contribution in [1.29, 1.82) is 0 Å². The number of carboxylic acid groups (broad SMARTS) is 1. The Labute approximate surface area is 76.1 Å². The van der Waals surface area contributed by atoms with E-state index in [1.165, 1.54) is 0 Å². The summed E-state index contributed by atoms with van der Waals surface area (Å²) in [6.07, 6.45) is 1.54. The minimum atomic E-state index is -0.942. The first-order chi connectivity index (χ1) is 4.65. The van der Waals surface area contributed by atoms with E-state index >= 15 is 0 Å². The molecule has 0 aliphatic carbocycles. The van der Waals surface area contributed by atoms with E-state index < -0.39 is 11.5 Å². The molecule has 0 radical (unpaired) electrons. The summed E-state index contributed by atoms with van der Waals surface area (Å²) < 4.78 is 0. The number of hydrogen-bond acceptors (Lipinski definition) is 3. The zero-order valence-electron chi connectivity index (χ0n) is 6.08. The zero-order valence-corrected chi connectivity index (χ0v) is 7.71. The van der Waals surface area contributed by atoms with E-state index in [-0.39, 0.29) is 12.4 Å². The molecular weight excluding hydrogens is 186 g/mol. The molecule has 0 aromatic heterocycles. The maximum absolute atomic E-state index is 10.5. The predicted octanol–water partition coefficient (Wildman–Crippen LogP) is 0.717. The Morgan fingerprint density at radius 2 is 2.27 bits per heavy atom. The van der Waals surface area contributed by atoms with Gasteiger partial charge in [-0.2, -0.15) is 11.8 Å². The summed E-state index contributed by atoms with van der Waals surface area (Å²) in [5.74, 6) is 0.744. The molecule has 66 valence electrons. The lowest BCUT2D eigenvalue weighted by atomic mass is 9.97. The van der Waals surface area contributed by atoms with Crippen LogP contribution in [0.1, 0.15) is 12.8 Å². The van der Waals surface area contributed by atoms with Crippen LogP contribution in [-0.2, 0) is 4.79 Å². The van der Waals surface area contributed by atoms with Crippen molar-refractivity contribution in [2.45, 2.75) is 18.4 Å². The lowest BCUT2D eigenvalue weighted by molar-refractivity contribution is -0.142. The number of thioether (sulfide) groups is 1. The fourth-order valence-electron chi connectivity index (χ4n) is 0.985. The second-order valence-corrected chi connectivity index (χ2v) is 3.72. The van der Waals surface area contributed by atoms with E-state index in [9.17, 15) is 4.79 Å². The maximum Gasteiger partial charge on any atom is 0.324 e. The predicted molar refractivity (Wildman–Crippen MR) is 48.4 cm³/mol. The van der Waals surface area contributed by atoms with Gasteiger partial charge in [-0.05, 0) is 18.6 Å². The Morgan fingerprint density at radius 1 is 1.64 bits per heavy atom. The van der Waals surface area contributed by atoms with E-state index in [0.29, 0.717) is 12.2 Å². The van der Waals surface area contributed by atoms with Crippen LogP contribution in [0.2, 0.25) is 0 Å². The Morgan fingerprint density at radius 3 is 2.55 bits per heavy atom. The maximum atomic E-state index is 10.5. The van der Waals surface area contributed by atoms with Crippen molar-refractivity contribution in [3.8, 4) is 0 Å². The molecule has 0 aromatic carbocycles. The van der Waals surface area contributed by atoms with Crippen LogP contribution in [0, 0.1) is 0 Å². The highest BCUT2D eigenvalue weighted by atomic mass is 35.5. The van der Waals surface area contributed by atoms with Crippen molar-refractivity contribution in [2.24, 2.45) is 5.73 Å². The fraction of sp³-hybridized carbons (Fsp3) is 0.833. The average Bonchev–Trinajstić information content (AvgIpc) is 1.89. The second kappa shape index (κ2) is 4.18. The molecule has 1 heterocycles. The van der Waals surface area contributed by atoms with Crippen molar-refractivity contribution in [3.63, 3.8) is 0 Å². The number of hydrogen-bond donors (Lipinski definition) is 2. The third-order valence-electron chi connectivity index (χ3n) is 1.70. The summed E-state index contributed by atoms with van der Waals surface area (Å²) in [6, 6.07) is 0. The molecule has 1 fully saturated rings. The van der Waals surface area contributed by atoms with Gasteiger partial charge in [0, 0.05) is 5.75 Å². The highest BCUT2D eigenvalue weighted by molar-refractivity contribution is 7.99. The van der Waals surface area contributed by atoms with Crippen LogP contribution in [0.5, 0.6) is 0 Å². The molecule has 3 N–H and O–H groups in total. The molecule has 0 spiro atoms. The Bertz CT molecular complexity index is 148. The fourth-order valence-corrected chi connectivity index (χ4v) is 2.11. The van der Waals surface area contributed by atoms with Crippen LogP contribution in [-0.4, -0.2) is 28.1 Å². The van der Waals surface area contributed by atoms with Gasteiger partial charge >= 0.3 is 5.97 Å². The monoisotopic (exact) mass is 197 g/mol. The van der Waals surface area contributed by atoms with Gasteiger partial charge in [-0.1, -0.05) is 0 Å². The highest BCUT2D eigenvalue weighted by Crippen LogP contribution is 2.24. The van der Waals surface area contributed by atoms with Crippen molar-refractivity contribution < 1.29 is 9.90 Å². The summed E-state index contributed by atoms with van der Waals surface area (Å²) >= 11 is 1.62. The lowest BCUT2D eigenvalue weighted by Gasteiger charge is -2.27. The number of aliphatic carboxylic acids is 1. The second-order valence-electron chi connectivity index (χ2n) is 2.62. The molecule has 0 bridgehead atoms. The number of nitrogens with two attached hydrogens (primary N) is 1. The van der Waals surface area contributed by atoms with Gasteiger partial charge < -0.3 is 10.8 Å². The SMILES string of the molecule is Cl.NC1(C(=O)O)CCCSC1. The largest absolute Gasteiger partial charge is 0.480 e. The minimum Gasteiger partial charge on any atom is -0.480 e. The van der Waals surface area contributed by atoms with Gasteiger partial charge in [0.2, 0.25) is 0 Å². The third kappa shape index (κ3) is 2.54. The molecule has 3 nitrogen and oxygen atoms in total. The van der Waals surface area contributed by atoms with Gasteiger partial charge in [-0.15, -0.1) is 12.4 Å². The van der Waals surface area contributed by atoms with Crippen molar-refractivity contribution in [3.05, 3.63) is 0 Å². The van der Waals surface area contributed by atoms with E-state index in [4.69, 9.17) is 10.8 Å². The normalized spacial score (nSPS) is 30.6. The van der Waals surface area contributed by atoms with Crippen LogP contribution >= 0.6 is 24.2 Å². The molecule has 1 unspecified atom stereocenters. The van der Waals surface area contributed by atoms with E-state index in [0.717, 1.165) is 12.2 Å². The van der Waals surface area contributed by atoms with Crippen LogP contribution < -0.4 is 5.73 Å². The smallest absolute Gasteiger partial charge is 0.324 e. The van der Waals surface area contributed by atoms with Crippen molar-refractivity contribution in [1.82, 2.24) is 0 Å². The summed E-state index contributed by atoms with van der Waals surface area (Å²) in [7, 11) is 0. The van der Waals surface area contributed by atoms with Crippen LogP contribution in [0.15, 0.2) is 0 Å². The van der Waals surface area contributed by atoms with Crippen LogP contribution in [0.25, 0.3) is 0 Å². The van der Waals surface area contributed by atoms with Gasteiger partial charge in [0.15, 0.2) is 0 Å². The van der Waals surface area contributed by atoms with Crippen LogP contribution in [0.4, 0.5) is 0 Å². The molecule has 1 aliphatic rings. The first-order valence-electron chi connectivity index (χ1n) is 3.25. The molecule has 0 amide bonds. The molecule has 5 heteroatoms. The number of rotatable bonds is 1. The van der Waals surface area contributed by atoms with E-state index in [1.54, 1.807) is 11.8 Å². The molecule has 1 saturated heterocycles. The summed E-state index contributed by atoms with van der Waals surface area (Å²) in [4.78, 5) is 10.5. The summed E-state index contributed by atoms with van der Waals surface area (Å²) in [5.41, 5.74) is 4.64. The van der Waals surface area contributed by atoms with Gasteiger partial charge in [0.1, 0.15) is 5.54 Å². The van der Waals surface area contributed by atoms with Gasteiger partial charge in [-0.25, -0.2) is 0 Å². The van der Waals surface area contributed by atoms with E-state index in [2.05, 4.69) is 0 Å². The third-order valence-corrected chi connectivity index (χ3v) is 2.99.